The number of rotatable bonds is 1. The first-order valence-corrected chi connectivity index (χ1v) is 6.34. The zero-order valence-electron chi connectivity index (χ0n) is 10.8. The molecule has 0 unspecified atom stereocenters. The first kappa shape index (κ1) is 12.4. The monoisotopic (exact) mass is 239 g/mol. The predicted octanol–water partition coefficient (Wildman–Crippen LogP) is 2.27. The van der Waals surface area contributed by atoms with Crippen molar-refractivity contribution in [2.45, 2.75) is 58.1 Å². The molecule has 0 radical (unpaired) electrons. The molecule has 0 aromatic heterocycles. The second-order valence-corrected chi connectivity index (χ2v) is 6.34. The largest absolute Gasteiger partial charge is 0.446 e. The van der Waals surface area contributed by atoms with Crippen LogP contribution in [0.1, 0.15) is 46.5 Å². The van der Waals surface area contributed by atoms with Crippen LogP contribution in [0.5, 0.6) is 0 Å². The van der Waals surface area contributed by atoms with E-state index >= 15 is 0 Å². The normalized spacial score (nSPS) is 32.4. The van der Waals surface area contributed by atoms with Gasteiger partial charge in [0.25, 0.3) is 0 Å². The maximum Gasteiger partial charge on any atom is 0.407 e. The Morgan fingerprint density at radius 3 is 2.24 bits per heavy atom. The van der Waals surface area contributed by atoms with Gasteiger partial charge in [-0.25, -0.2) is 4.79 Å². The van der Waals surface area contributed by atoms with Crippen molar-refractivity contribution < 1.29 is 14.3 Å². The van der Waals surface area contributed by atoms with Gasteiger partial charge in [0, 0.05) is 18.4 Å². The lowest BCUT2D eigenvalue weighted by Crippen LogP contribution is -2.42. The molecule has 4 heteroatoms. The SMILES string of the molecule is CC(C)(C)NC(=O)O[C@H]1C[C@H]2CC(=O)C[C@H]2C1. The summed E-state index contributed by atoms with van der Waals surface area (Å²) in [6.07, 6.45) is 2.74. The molecule has 17 heavy (non-hydrogen) atoms. The summed E-state index contributed by atoms with van der Waals surface area (Å²) in [4.78, 5) is 22.9. The molecule has 0 saturated heterocycles. The summed E-state index contributed by atoms with van der Waals surface area (Å²) in [6.45, 7) is 5.78. The highest BCUT2D eigenvalue weighted by atomic mass is 16.6. The summed E-state index contributed by atoms with van der Waals surface area (Å²) in [6, 6.07) is 0. The van der Waals surface area contributed by atoms with E-state index < -0.39 is 0 Å². The minimum atomic E-state index is -0.339. The van der Waals surface area contributed by atoms with Crippen LogP contribution in [-0.4, -0.2) is 23.5 Å². The Morgan fingerprint density at radius 1 is 1.24 bits per heavy atom. The Labute approximate surface area is 102 Å². The summed E-state index contributed by atoms with van der Waals surface area (Å²) in [5.74, 6) is 1.28. The van der Waals surface area contributed by atoms with Crippen LogP contribution in [0.3, 0.4) is 0 Å². The highest BCUT2D eigenvalue weighted by Crippen LogP contribution is 2.43. The average Bonchev–Trinajstić information content (AvgIpc) is 2.56. The molecule has 0 aromatic carbocycles. The molecule has 2 aliphatic rings. The fraction of sp³-hybridized carbons (Fsp3) is 0.846. The van der Waals surface area contributed by atoms with Crippen LogP contribution in [0.25, 0.3) is 0 Å². The maximum absolute atomic E-state index is 11.6. The lowest BCUT2D eigenvalue weighted by atomic mass is 10.0. The number of fused-ring (bicyclic) bond motifs is 1. The van der Waals surface area contributed by atoms with Gasteiger partial charge in [0.05, 0.1) is 0 Å². The number of hydrogen-bond acceptors (Lipinski definition) is 3. The van der Waals surface area contributed by atoms with Gasteiger partial charge in [-0.15, -0.1) is 0 Å². The fourth-order valence-electron chi connectivity index (χ4n) is 2.91. The van der Waals surface area contributed by atoms with E-state index in [1.807, 2.05) is 20.8 Å². The van der Waals surface area contributed by atoms with Crippen LogP contribution < -0.4 is 5.32 Å². The van der Waals surface area contributed by atoms with Gasteiger partial charge in [0.1, 0.15) is 11.9 Å². The first-order valence-electron chi connectivity index (χ1n) is 6.34. The molecule has 0 aliphatic heterocycles. The van der Waals surface area contributed by atoms with Crippen LogP contribution in [0.15, 0.2) is 0 Å². The highest BCUT2D eigenvalue weighted by Gasteiger charge is 2.42. The van der Waals surface area contributed by atoms with Crippen molar-refractivity contribution in [3.05, 3.63) is 0 Å². The van der Waals surface area contributed by atoms with E-state index in [4.69, 9.17) is 4.74 Å². The molecule has 0 heterocycles. The molecule has 0 aromatic rings. The van der Waals surface area contributed by atoms with E-state index in [1.54, 1.807) is 0 Å². The Morgan fingerprint density at radius 2 is 1.76 bits per heavy atom. The van der Waals surface area contributed by atoms with Crippen molar-refractivity contribution in [1.29, 1.82) is 0 Å². The number of amides is 1. The summed E-state index contributed by atoms with van der Waals surface area (Å²) in [7, 11) is 0. The maximum atomic E-state index is 11.6. The third-order valence-corrected chi connectivity index (χ3v) is 3.53. The molecule has 2 fully saturated rings. The van der Waals surface area contributed by atoms with E-state index in [0.717, 1.165) is 12.8 Å². The van der Waals surface area contributed by atoms with Crippen LogP contribution in [-0.2, 0) is 9.53 Å². The molecule has 2 rings (SSSR count). The average molecular weight is 239 g/mol. The quantitative estimate of drug-likeness (QED) is 0.763. The summed E-state index contributed by atoms with van der Waals surface area (Å²) in [5, 5.41) is 2.79. The van der Waals surface area contributed by atoms with Gasteiger partial charge in [-0.2, -0.15) is 0 Å². The zero-order valence-corrected chi connectivity index (χ0v) is 10.8. The van der Waals surface area contributed by atoms with Gasteiger partial charge in [-0.1, -0.05) is 0 Å². The van der Waals surface area contributed by atoms with Gasteiger partial charge in [0.15, 0.2) is 0 Å². The van der Waals surface area contributed by atoms with E-state index in [2.05, 4.69) is 5.32 Å². The van der Waals surface area contributed by atoms with Gasteiger partial charge in [0.2, 0.25) is 0 Å². The molecule has 1 N–H and O–H groups in total. The van der Waals surface area contributed by atoms with E-state index in [-0.39, 0.29) is 17.7 Å². The third-order valence-electron chi connectivity index (χ3n) is 3.53. The number of alkyl carbamates (subject to hydrolysis) is 1. The highest BCUT2D eigenvalue weighted by molar-refractivity contribution is 5.81. The Hall–Kier alpha value is -1.06. The molecule has 3 atom stereocenters. The van der Waals surface area contributed by atoms with Crippen molar-refractivity contribution in [2.24, 2.45) is 11.8 Å². The zero-order chi connectivity index (χ0) is 12.6. The lowest BCUT2D eigenvalue weighted by Gasteiger charge is -2.22. The number of hydrogen-bond donors (Lipinski definition) is 1. The third kappa shape index (κ3) is 3.20. The topological polar surface area (TPSA) is 55.4 Å². The molecule has 1 amide bonds. The Balaban J connectivity index is 1.79. The van der Waals surface area contributed by atoms with Gasteiger partial charge >= 0.3 is 6.09 Å². The second kappa shape index (κ2) is 4.31. The number of Topliss-reactive ketones (excluding diaryl/α,β-unsaturated/α-hetero) is 1. The molecule has 2 saturated carbocycles. The molecule has 0 bridgehead atoms. The van der Waals surface area contributed by atoms with Gasteiger partial charge < -0.3 is 10.1 Å². The van der Waals surface area contributed by atoms with Crippen molar-refractivity contribution in [1.82, 2.24) is 5.32 Å². The van der Waals surface area contributed by atoms with Gasteiger partial charge in [-0.05, 0) is 45.4 Å². The first-order chi connectivity index (χ1) is 7.83. The van der Waals surface area contributed by atoms with Crippen LogP contribution >= 0.6 is 0 Å². The van der Waals surface area contributed by atoms with Gasteiger partial charge in [-0.3, -0.25) is 4.79 Å². The predicted molar refractivity (Wildman–Crippen MR) is 63.6 cm³/mol. The number of carbonyl (C=O) groups excluding carboxylic acids is 2. The van der Waals surface area contributed by atoms with Crippen LogP contribution in [0.4, 0.5) is 4.79 Å². The molecular weight excluding hydrogens is 218 g/mol. The van der Waals surface area contributed by atoms with Crippen LogP contribution in [0, 0.1) is 11.8 Å². The van der Waals surface area contributed by atoms with E-state index in [0.29, 0.717) is 30.5 Å². The fourth-order valence-corrected chi connectivity index (χ4v) is 2.91. The van der Waals surface area contributed by atoms with Crippen LogP contribution in [0.2, 0.25) is 0 Å². The number of ketones is 1. The second-order valence-electron chi connectivity index (χ2n) is 6.34. The number of nitrogens with one attached hydrogen (secondary N) is 1. The molecular formula is C13H21NO3. The van der Waals surface area contributed by atoms with Crippen molar-refractivity contribution in [3.8, 4) is 0 Å². The molecule has 96 valence electrons. The molecule has 4 nitrogen and oxygen atoms in total. The molecule has 2 aliphatic carbocycles. The summed E-state index contributed by atoms with van der Waals surface area (Å²) >= 11 is 0. The van der Waals surface area contributed by atoms with Crippen molar-refractivity contribution >= 4 is 11.9 Å². The minimum Gasteiger partial charge on any atom is -0.446 e. The van der Waals surface area contributed by atoms with Crippen molar-refractivity contribution in [2.75, 3.05) is 0 Å². The van der Waals surface area contributed by atoms with Crippen molar-refractivity contribution in [3.63, 3.8) is 0 Å². The minimum absolute atomic E-state index is 0.000417. The standard InChI is InChI=1S/C13H21NO3/c1-13(2,3)14-12(16)17-11-6-8-4-10(15)5-9(8)7-11/h8-9,11H,4-7H2,1-3H3,(H,14,16)/t8-,9+,11+. The number of ether oxygens (including phenoxy) is 1. The summed E-state index contributed by atoms with van der Waals surface area (Å²) < 4.78 is 5.40. The summed E-state index contributed by atoms with van der Waals surface area (Å²) in [5.41, 5.74) is -0.262. The molecule has 0 spiro atoms. The smallest absolute Gasteiger partial charge is 0.407 e. The lowest BCUT2D eigenvalue weighted by molar-refractivity contribution is -0.118. The Bertz CT molecular complexity index is 316. The van der Waals surface area contributed by atoms with E-state index in [1.165, 1.54) is 0 Å². The number of carbonyl (C=O) groups is 2. The van der Waals surface area contributed by atoms with E-state index in [9.17, 15) is 9.59 Å². The Kier molecular flexibility index (Phi) is 3.15.